The molecule has 3 aromatic rings. The van der Waals surface area contributed by atoms with E-state index in [1.54, 1.807) is 24.0 Å². The number of rotatable bonds is 2. The van der Waals surface area contributed by atoms with Crippen LogP contribution in [-0.4, -0.2) is 37.3 Å². The Morgan fingerprint density at radius 3 is 2.69 bits per heavy atom. The Labute approximate surface area is 151 Å². The second-order valence-electron chi connectivity index (χ2n) is 7.56. The first-order valence-electron chi connectivity index (χ1n) is 9.20. The summed E-state index contributed by atoms with van der Waals surface area (Å²) in [7, 11) is 1.79. The lowest BCUT2D eigenvalue weighted by molar-refractivity contribution is -0.0510. The largest absolute Gasteiger partial charge is 0.330 e. The molecule has 0 radical (unpaired) electrons. The molecule has 3 heterocycles. The van der Waals surface area contributed by atoms with Gasteiger partial charge in [-0.2, -0.15) is 0 Å². The van der Waals surface area contributed by atoms with Crippen LogP contribution in [0.1, 0.15) is 47.6 Å². The third-order valence-corrected chi connectivity index (χ3v) is 6.07. The molecule has 1 saturated carbocycles. The molecule has 0 bridgehead atoms. The molecule has 5 rings (SSSR count). The molecule has 26 heavy (non-hydrogen) atoms. The van der Waals surface area contributed by atoms with E-state index < -0.39 is 0 Å². The van der Waals surface area contributed by atoms with Crippen molar-refractivity contribution in [3.8, 4) is 0 Å². The number of fused-ring (bicyclic) bond motifs is 1. The zero-order valence-electron chi connectivity index (χ0n) is 14.8. The van der Waals surface area contributed by atoms with Crippen LogP contribution >= 0.6 is 0 Å². The molecule has 1 aromatic carbocycles. The van der Waals surface area contributed by atoms with Crippen LogP contribution in [-0.2, 0) is 7.05 Å². The number of pyridine rings is 1. The SMILES string of the molecule is Cn1nnc2c(C(=O)N3CC4(CCCC4)[C@H]3c3ccccc3)ccnc21. The predicted molar refractivity (Wildman–Crippen MR) is 97.4 cm³/mol. The van der Waals surface area contributed by atoms with Crippen LogP contribution in [0.4, 0.5) is 0 Å². The van der Waals surface area contributed by atoms with Gasteiger partial charge in [-0.05, 0) is 24.5 Å². The van der Waals surface area contributed by atoms with E-state index in [-0.39, 0.29) is 17.4 Å². The number of likely N-dealkylation sites (tertiary alicyclic amines) is 1. The predicted octanol–water partition coefficient (Wildman–Crippen LogP) is 3.12. The van der Waals surface area contributed by atoms with Crippen LogP contribution in [0.5, 0.6) is 0 Å². The minimum Gasteiger partial charge on any atom is -0.330 e. The van der Waals surface area contributed by atoms with Crippen molar-refractivity contribution in [2.75, 3.05) is 6.54 Å². The molecule has 132 valence electrons. The van der Waals surface area contributed by atoms with Gasteiger partial charge < -0.3 is 4.90 Å². The first-order chi connectivity index (χ1) is 12.7. The van der Waals surface area contributed by atoms with Crippen LogP contribution in [0.25, 0.3) is 11.2 Å². The fraction of sp³-hybridized carbons (Fsp3) is 0.400. The van der Waals surface area contributed by atoms with E-state index in [4.69, 9.17) is 0 Å². The molecule has 1 spiro atoms. The van der Waals surface area contributed by atoms with Gasteiger partial charge in [-0.3, -0.25) is 4.79 Å². The minimum absolute atomic E-state index is 0.0317. The lowest BCUT2D eigenvalue weighted by Gasteiger charge is -2.56. The molecule has 0 N–H and O–H groups in total. The zero-order chi connectivity index (χ0) is 17.7. The van der Waals surface area contributed by atoms with Gasteiger partial charge in [-0.25, -0.2) is 9.67 Å². The van der Waals surface area contributed by atoms with E-state index in [0.717, 1.165) is 6.54 Å². The molecule has 1 saturated heterocycles. The molecule has 6 nitrogen and oxygen atoms in total. The quantitative estimate of drug-likeness (QED) is 0.714. The highest BCUT2D eigenvalue weighted by Crippen LogP contribution is 2.58. The van der Waals surface area contributed by atoms with Gasteiger partial charge in [-0.15, -0.1) is 5.10 Å². The van der Waals surface area contributed by atoms with E-state index >= 15 is 0 Å². The highest BCUT2D eigenvalue weighted by Gasteiger charge is 2.56. The third kappa shape index (κ3) is 2.11. The van der Waals surface area contributed by atoms with Crippen LogP contribution in [0.15, 0.2) is 42.6 Å². The number of amides is 1. The van der Waals surface area contributed by atoms with E-state index in [1.165, 1.54) is 31.2 Å². The van der Waals surface area contributed by atoms with Crippen molar-refractivity contribution in [3.63, 3.8) is 0 Å². The number of carbonyl (C=O) groups is 1. The lowest BCUT2D eigenvalue weighted by atomic mass is 9.67. The second-order valence-corrected chi connectivity index (χ2v) is 7.56. The normalized spacial score (nSPS) is 21.3. The number of aromatic nitrogens is 4. The van der Waals surface area contributed by atoms with E-state index in [9.17, 15) is 4.79 Å². The number of hydrogen-bond acceptors (Lipinski definition) is 4. The van der Waals surface area contributed by atoms with Crippen LogP contribution in [0, 0.1) is 5.41 Å². The maximum absolute atomic E-state index is 13.4. The molecule has 2 aromatic heterocycles. The fourth-order valence-electron chi connectivity index (χ4n) is 4.86. The molecule has 6 heteroatoms. The Kier molecular flexibility index (Phi) is 3.35. The average molecular weight is 347 g/mol. The van der Waals surface area contributed by atoms with Gasteiger partial charge in [-0.1, -0.05) is 48.4 Å². The van der Waals surface area contributed by atoms with Gasteiger partial charge in [0.05, 0.1) is 11.6 Å². The summed E-state index contributed by atoms with van der Waals surface area (Å²) >= 11 is 0. The monoisotopic (exact) mass is 347 g/mol. The summed E-state index contributed by atoms with van der Waals surface area (Å²) in [6.45, 7) is 0.829. The third-order valence-electron chi connectivity index (χ3n) is 6.07. The van der Waals surface area contributed by atoms with E-state index in [1.807, 2.05) is 11.0 Å². The molecular formula is C20H21N5O. The van der Waals surface area contributed by atoms with Crippen molar-refractivity contribution < 1.29 is 4.79 Å². The van der Waals surface area contributed by atoms with E-state index in [0.29, 0.717) is 16.7 Å². The summed E-state index contributed by atoms with van der Waals surface area (Å²) in [5.74, 6) is 0.0317. The highest BCUT2D eigenvalue weighted by molar-refractivity contribution is 6.04. The van der Waals surface area contributed by atoms with Crippen molar-refractivity contribution in [2.45, 2.75) is 31.7 Å². The second kappa shape index (κ2) is 5.62. The summed E-state index contributed by atoms with van der Waals surface area (Å²) < 4.78 is 1.61. The number of hydrogen-bond donors (Lipinski definition) is 0. The summed E-state index contributed by atoms with van der Waals surface area (Å²) in [6.07, 6.45) is 6.59. The molecule has 1 aliphatic heterocycles. The number of aryl methyl sites for hydroxylation is 1. The van der Waals surface area contributed by atoms with Gasteiger partial charge in [0.2, 0.25) is 0 Å². The molecule has 0 unspecified atom stereocenters. The molecule has 1 atom stereocenters. The molecular weight excluding hydrogens is 326 g/mol. The van der Waals surface area contributed by atoms with Crippen molar-refractivity contribution >= 4 is 17.1 Å². The molecule has 2 fully saturated rings. The lowest BCUT2D eigenvalue weighted by Crippen LogP contribution is -2.59. The first-order valence-corrected chi connectivity index (χ1v) is 9.20. The Morgan fingerprint density at radius 2 is 1.92 bits per heavy atom. The van der Waals surface area contributed by atoms with Gasteiger partial charge >= 0.3 is 0 Å². The van der Waals surface area contributed by atoms with Gasteiger partial charge in [0.25, 0.3) is 5.91 Å². The van der Waals surface area contributed by atoms with Crippen molar-refractivity contribution in [3.05, 3.63) is 53.7 Å². The standard InChI is InChI=1S/C20H21N5O/c1-24-18-16(22-23-24)15(9-12-21-18)19(26)25-13-20(10-5-6-11-20)17(25)14-7-3-2-4-8-14/h2-4,7-9,12,17H,5-6,10-11,13H2,1H3/t17-/m1/s1. The molecule has 2 aliphatic rings. The van der Waals surface area contributed by atoms with Crippen molar-refractivity contribution in [1.82, 2.24) is 24.9 Å². The maximum Gasteiger partial charge on any atom is 0.256 e. The number of carbonyl (C=O) groups excluding carboxylic acids is 1. The fourth-order valence-corrected chi connectivity index (χ4v) is 4.86. The Bertz CT molecular complexity index is 974. The van der Waals surface area contributed by atoms with Gasteiger partial charge in [0.15, 0.2) is 5.65 Å². The highest BCUT2D eigenvalue weighted by atomic mass is 16.2. The topological polar surface area (TPSA) is 63.9 Å². The minimum atomic E-state index is 0.0317. The summed E-state index contributed by atoms with van der Waals surface area (Å²) in [6, 6.07) is 12.4. The first kappa shape index (κ1) is 15.5. The Hall–Kier alpha value is -2.76. The summed E-state index contributed by atoms with van der Waals surface area (Å²) in [5.41, 5.74) is 3.30. The number of nitrogens with zero attached hydrogens (tertiary/aromatic N) is 5. The molecule has 1 amide bonds. The Morgan fingerprint density at radius 1 is 1.15 bits per heavy atom. The van der Waals surface area contributed by atoms with Crippen LogP contribution < -0.4 is 0 Å². The van der Waals surface area contributed by atoms with Gasteiger partial charge in [0, 0.05) is 25.2 Å². The van der Waals surface area contributed by atoms with Crippen LogP contribution in [0.3, 0.4) is 0 Å². The summed E-state index contributed by atoms with van der Waals surface area (Å²) in [5, 5.41) is 8.19. The van der Waals surface area contributed by atoms with Crippen molar-refractivity contribution in [1.29, 1.82) is 0 Å². The number of benzene rings is 1. The molecule has 1 aliphatic carbocycles. The zero-order valence-corrected chi connectivity index (χ0v) is 14.8. The maximum atomic E-state index is 13.4. The summed E-state index contributed by atoms with van der Waals surface area (Å²) in [4.78, 5) is 19.7. The van der Waals surface area contributed by atoms with E-state index in [2.05, 4.69) is 39.6 Å². The van der Waals surface area contributed by atoms with Gasteiger partial charge in [0.1, 0.15) is 5.52 Å². The van der Waals surface area contributed by atoms with Crippen molar-refractivity contribution in [2.24, 2.45) is 12.5 Å². The Balaban J connectivity index is 1.55. The smallest absolute Gasteiger partial charge is 0.256 e. The average Bonchev–Trinajstić information content (AvgIpc) is 3.29. The van der Waals surface area contributed by atoms with Crippen LogP contribution in [0.2, 0.25) is 0 Å².